The Morgan fingerprint density at radius 2 is 1.96 bits per heavy atom. The third-order valence-electron chi connectivity index (χ3n) is 4.36. The van der Waals surface area contributed by atoms with E-state index in [-0.39, 0.29) is 22.3 Å². The lowest BCUT2D eigenvalue weighted by molar-refractivity contribution is -0.140. The van der Waals surface area contributed by atoms with Crippen LogP contribution in [0.25, 0.3) is 0 Å². The predicted molar refractivity (Wildman–Crippen MR) is 97.8 cm³/mol. The van der Waals surface area contributed by atoms with Crippen molar-refractivity contribution in [3.05, 3.63) is 46.7 Å². The molecule has 27 heavy (non-hydrogen) atoms. The van der Waals surface area contributed by atoms with E-state index < -0.39 is 23.8 Å². The van der Waals surface area contributed by atoms with E-state index in [1.54, 1.807) is 11.8 Å². The number of methoxy groups -OCH3 is 2. The highest BCUT2D eigenvalue weighted by atomic mass is 32.1. The summed E-state index contributed by atoms with van der Waals surface area (Å²) in [5, 5.41) is 3.09. The minimum atomic E-state index is -4.57. The van der Waals surface area contributed by atoms with Crippen LogP contribution in [0.15, 0.2) is 35.5 Å². The normalized spacial score (nSPS) is 19.0. The van der Waals surface area contributed by atoms with E-state index in [1.165, 1.54) is 32.4 Å². The van der Waals surface area contributed by atoms with Gasteiger partial charge in [-0.25, -0.2) is 4.79 Å². The quantitative estimate of drug-likeness (QED) is 0.602. The van der Waals surface area contributed by atoms with Gasteiger partial charge in [-0.1, -0.05) is 18.2 Å². The van der Waals surface area contributed by atoms with Crippen LogP contribution in [-0.4, -0.2) is 42.8 Å². The van der Waals surface area contributed by atoms with Crippen molar-refractivity contribution in [1.82, 2.24) is 10.2 Å². The largest absolute Gasteiger partial charge is 0.466 e. The van der Waals surface area contributed by atoms with Crippen LogP contribution in [0, 0.1) is 0 Å². The lowest BCUT2D eigenvalue weighted by atomic mass is 9.91. The number of thiocarbonyl (C=S) groups is 1. The van der Waals surface area contributed by atoms with Crippen molar-refractivity contribution in [3.63, 3.8) is 0 Å². The molecule has 0 saturated heterocycles. The van der Waals surface area contributed by atoms with Gasteiger partial charge < -0.3 is 19.7 Å². The lowest BCUT2D eigenvalue weighted by Gasteiger charge is -2.40. The van der Waals surface area contributed by atoms with Gasteiger partial charge in [0.2, 0.25) is 0 Å². The molecular weight excluding hydrogens is 381 g/mol. The third-order valence-corrected chi connectivity index (χ3v) is 4.67. The molecule has 9 heteroatoms. The summed E-state index contributed by atoms with van der Waals surface area (Å²) in [5.41, 5.74) is -0.424. The SMILES string of the molecule is COC[C@@H](C)N1C(=S)N[C@H](c2ccccc2C(F)(F)F)C(C(=O)OC)=C1C. The molecule has 0 spiro atoms. The van der Waals surface area contributed by atoms with Crippen LogP contribution in [0.1, 0.15) is 31.0 Å². The number of alkyl halides is 3. The van der Waals surface area contributed by atoms with E-state index in [1.807, 2.05) is 6.92 Å². The molecule has 0 bridgehead atoms. The van der Waals surface area contributed by atoms with E-state index in [2.05, 4.69) is 5.32 Å². The highest BCUT2D eigenvalue weighted by molar-refractivity contribution is 7.80. The summed E-state index contributed by atoms with van der Waals surface area (Å²) in [7, 11) is 2.71. The number of hydrogen-bond donors (Lipinski definition) is 1. The van der Waals surface area contributed by atoms with Crippen molar-refractivity contribution < 1.29 is 27.4 Å². The summed E-state index contributed by atoms with van der Waals surface area (Å²) in [4.78, 5) is 14.1. The van der Waals surface area contributed by atoms with Crippen LogP contribution in [0.2, 0.25) is 0 Å². The first-order valence-corrected chi connectivity index (χ1v) is 8.58. The zero-order valence-electron chi connectivity index (χ0n) is 15.4. The second-order valence-corrected chi connectivity index (χ2v) is 6.52. The Bertz CT molecular complexity index is 764. The predicted octanol–water partition coefficient (Wildman–Crippen LogP) is 3.42. The van der Waals surface area contributed by atoms with Gasteiger partial charge in [-0.3, -0.25) is 0 Å². The number of nitrogens with zero attached hydrogens (tertiary/aromatic N) is 1. The van der Waals surface area contributed by atoms with Gasteiger partial charge in [0.25, 0.3) is 0 Å². The zero-order valence-corrected chi connectivity index (χ0v) is 16.2. The van der Waals surface area contributed by atoms with Crippen molar-refractivity contribution in [2.24, 2.45) is 0 Å². The third kappa shape index (κ3) is 4.24. The van der Waals surface area contributed by atoms with E-state index in [0.717, 1.165) is 6.07 Å². The molecule has 1 aliphatic heterocycles. The maximum Gasteiger partial charge on any atom is 0.416 e. The number of ether oxygens (including phenoxy) is 2. The summed E-state index contributed by atoms with van der Waals surface area (Å²) in [6.45, 7) is 3.78. The molecule has 148 valence electrons. The molecule has 1 heterocycles. The van der Waals surface area contributed by atoms with Crippen molar-refractivity contribution in [3.8, 4) is 0 Å². The van der Waals surface area contributed by atoms with E-state index in [9.17, 15) is 18.0 Å². The number of allylic oxidation sites excluding steroid dienone is 1. The highest BCUT2D eigenvalue weighted by Crippen LogP contribution is 2.39. The lowest BCUT2D eigenvalue weighted by Crippen LogP contribution is -2.52. The second-order valence-electron chi connectivity index (χ2n) is 6.13. The number of carbonyl (C=O) groups is 1. The highest BCUT2D eigenvalue weighted by Gasteiger charge is 2.41. The second kappa shape index (κ2) is 8.26. The van der Waals surface area contributed by atoms with Gasteiger partial charge in [0, 0.05) is 12.8 Å². The van der Waals surface area contributed by atoms with Crippen LogP contribution in [0.4, 0.5) is 13.2 Å². The van der Waals surface area contributed by atoms with Gasteiger partial charge in [-0.05, 0) is 37.7 Å². The zero-order chi connectivity index (χ0) is 20.4. The Morgan fingerprint density at radius 3 is 2.52 bits per heavy atom. The molecule has 0 fully saturated rings. The smallest absolute Gasteiger partial charge is 0.416 e. The molecule has 0 saturated carbocycles. The number of carbonyl (C=O) groups excluding carboxylic acids is 1. The van der Waals surface area contributed by atoms with Crippen LogP contribution >= 0.6 is 12.2 Å². The number of hydrogen-bond acceptors (Lipinski definition) is 4. The fourth-order valence-electron chi connectivity index (χ4n) is 3.22. The minimum Gasteiger partial charge on any atom is -0.466 e. The Hall–Kier alpha value is -2.13. The summed E-state index contributed by atoms with van der Waals surface area (Å²) < 4.78 is 50.5. The minimum absolute atomic E-state index is 0.0748. The van der Waals surface area contributed by atoms with Gasteiger partial charge in [-0.2, -0.15) is 13.2 Å². The number of rotatable bonds is 5. The molecule has 2 rings (SSSR count). The average molecular weight is 402 g/mol. The Labute approximate surface area is 161 Å². The van der Waals surface area contributed by atoms with Crippen molar-refractivity contribution in [2.45, 2.75) is 32.1 Å². The summed E-state index contributed by atoms with van der Waals surface area (Å²) >= 11 is 5.38. The van der Waals surface area contributed by atoms with E-state index >= 15 is 0 Å². The van der Waals surface area contributed by atoms with Gasteiger partial charge in [0.05, 0.1) is 36.9 Å². The van der Waals surface area contributed by atoms with Crippen LogP contribution in [-0.2, 0) is 20.4 Å². The topological polar surface area (TPSA) is 50.8 Å². The van der Waals surface area contributed by atoms with Crippen LogP contribution in [0.5, 0.6) is 0 Å². The molecule has 1 N–H and O–H groups in total. The number of esters is 1. The van der Waals surface area contributed by atoms with Gasteiger partial charge >= 0.3 is 12.1 Å². The van der Waals surface area contributed by atoms with Crippen LogP contribution in [0.3, 0.4) is 0 Å². The van der Waals surface area contributed by atoms with Crippen molar-refractivity contribution >= 4 is 23.3 Å². The molecule has 5 nitrogen and oxygen atoms in total. The van der Waals surface area contributed by atoms with Crippen LogP contribution < -0.4 is 5.32 Å². The molecule has 0 unspecified atom stereocenters. The number of halogens is 3. The molecule has 2 atom stereocenters. The van der Waals surface area contributed by atoms with Crippen molar-refractivity contribution in [2.75, 3.05) is 20.8 Å². The fraction of sp³-hybridized carbons (Fsp3) is 0.444. The molecule has 0 radical (unpaired) electrons. The molecule has 1 aliphatic rings. The Balaban J connectivity index is 2.65. The van der Waals surface area contributed by atoms with E-state index in [4.69, 9.17) is 21.7 Å². The van der Waals surface area contributed by atoms with Gasteiger partial charge in [0.15, 0.2) is 5.11 Å². The Morgan fingerprint density at radius 1 is 1.33 bits per heavy atom. The standard InChI is InChI=1S/C18H21F3N2O3S/c1-10(9-25-3)23-11(2)14(16(24)26-4)15(22-17(23)27)12-7-5-6-8-13(12)18(19,20)21/h5-8,10,15H,9H2,1-4H3,(H,22,27)/t10-,15-/m1/s1. The summed E-state index contributed by atoms with van der Waals surface area (Å²) in [6, 6.07) is 3.79. The monoisotopic (exact) mass is 402 g/mol. The fourth-order valence-corrected chi connectivity index (χ4v) is 3.65. The molecule has 0 aromatic heterocycles. The van der Waals surface area contributed by atoms with Crippen molar-refractivity contribution in [1.29, 1.82) is 0 Å². The number of benzene rings is 1. The molecule has 1 aromatic rings. The van der Waals surface area contributed by atoms with Gasteiger partial charge in [0.1, 0.15) is 0 Å². The summed E-state index contributed by atoms with van der Waals surface area (Å²) in [6.07, 6.45) is -4.57. The van der Waals surface area contributed by atoms with Gasteiger partial charge in [-0.15, -0.1) is 0 Å². The molecule has 0 aliphatic carbocycles. The summed E-state index contributed by atoms with van der Waals surface area (Å²) in [5.74, 6) is -0.723. The Kier molecular flexibility index (Phi) is 6.48. The first kappa shape index (κ1) is 21.2. The average Bonchev–Trinajstić information content (AvgIpc) is 2.60. The number of nitrogens with one attached hydrogen (secondary N) is 1. The first-order chi connectivity index (χ1) is 12.6. The molecular formula is C18H21F3N2O3S. The van der Waals surface area contributed by atoms with E-state index in [0.29, 0.717) is 12.3 Å². The maximum atomic E-state index is 13.5. The maximum absolute atomic E-state index is 13.5. The molecule has 0 amide bonds. The first-order valence-electron chi connectivity index (χ1n) is 8.17. The molecule has 1 aromatic carbocycles.